The molecule has 0 saturated carbocycles. The summed E-state index contributed by atoms with van der Waals surface area (Å²) in [5.74, 6) is 0.843. The van der Waals surface area contributed by atoms with Gasteiger partial charge in [-0.05, 0) is 30.7 Å². The van der Waals surface area contributed by atoms with Crippen molar-refractivity contribution in [1.29, 1.82) is 0 Å². The van der Waals surface area contributed by atoms with Gasteiger partial charge in [-0.2, -0.15) is 0 Å². The van der Waals surface area contributed by atoms with Crippen molar-refractivity contribution in [2.75, 3.05) is 25.1 Å². The van der Waals surface area contributed by atoms with Gasteiger partial charge in [0.1, 0.15) is 0 Å². The molecule has 6 heteroatoms. The fourth-order valence-corrected chi connectivity index (χ4v) is 2.31. The minimum absolute atomic E-state index is 0.0791. The minimum Gasteiger partial charge on any atom is -0.381 e. The Morgan fingerprint density at radius 2 is 2.14 bits per heavy atom. The van der Waals surface area contributed by atoms with E-state index >= 15 is 0 Å². The molecule has 1 aromatic carbocycles. The van der Waals surface area contributed by atoms with Crippen molar-refractivity contribution >= 4 is 17.5 Å². The van der Waals surface area contributed by atoms with Crippen LogP contribution < -0.4 is 10.6 Å². The van der Waals surface area contributed by atoms with Crippen molar-refractivity contribution in [3.63, 3.8) is 0 Å². The Morgan fingerprint density at radius 1 is 1.27 bits per heavy atom. The summed E-state index contributed by atoms with van der Waals surface area (Å²) < 4.78 is 5.31. The Bertz CT molecular complexity index is 627. The quantitative estimate of drug-likeness (QED) is 0.883. The Morgan fingerprint density at radius 3 is 2.91 bits per heavy atom. The van der Waals surface area contributed by atoms with Crippen LogP contribution in [0.2, 0.25) is 0 Å². The second-order valence-electron chi connectivity index (χ2n) is 5.22. The van der Waals surface area contributed by atoms with Crippen LogP contribution in [-0.4, -0.2) is 35.6 Å². The van der Waals surface area contributed by atoms with Gasteiger partial charge in [0.05, 0.1) is 6.61 Å². The average molecular weight is 298 g/mol. The van der Waals surface area contributed by atoms with Gasteiger partial charge < -0.3 is 15.4 Å². The maximum atomic E-state index is 12.2. The summed E-state index contributed by atoms with van der Waals surface area (Å²) in [5.41, 5.74) is 1.39. The summed E-state index contributed by atoms with van der Waals surface area (Å²) >= 11 is 0. The molecule has 1 aromatic heterocycles. The number of rotatable bonds is 5. The topological polar surface area (TPSA) is 76.1 Å². The number of hydrogen-bond donors (Lipinski definition) is 2. The van der Waals surface area contributed by atoms with Crippen LogP contribution >= 0.6 is 0 Å². The van der Waals surface area contributed by atoms with E-state index in [4.69, 9.17) is 4.74 Å². The third-order valence-electron chi connectivity index (χ3n) is 3.52. The highest BCUT2D eigenvalue weighted by Crippen LogP contribution is 2.15. The lowest BCUT2D eigenvalue weighted by Gasteiger charge is -2.10. The zero-order chi connectivity index (χ0) is 15.2. The van der Waals surface area contributed by atoms with Gasteiger partial charge in [-0.15, -0.1) is 0 Å². The molecule has 1 aliphatic rings. The number of carbonyl (C=O) groups excluding carboxylic acids is 1. The number of ether oxygens (including phenoxy) is 1. The van der Waals surface area contributed by atoms with E-state index in [-0.39, 0.29) is 5.91 Å². The average Bonchev–Trinajstić information content (AvgIpc) is 3.07. The van der Waals surface area contributed by atoms with Gasteiger partial charge in [0, 0.05) is 42.7 Å². The summed E-state index contributed by atoms with van der Waals surface area (Å²) in [5, 5.41) is 6.03. The maximum absolute atomic E-state index is 12.2. The lowest BCUT2D eigenvalue weighted by molar-refractivity contribution is 0.0945. The van der Waals surface area contributed by atoms with Gasteiger partial charge in [0.15, 0.2) is 0 Å². The number of nitrogens with one attached hydrogen (secondary N) is 2. The largest absolute Gasteiger partial charge is 0.381 e. The lowest BCUT2D eigenvalue weighted by atomic mass is 10.1. The first-order chi connectivity index (χ1) is 10.8. The van der Waals surface area contributed by atoms with Gasteiger partial charge >= 0.3 is 0 Å². The maximum Gasteiger partial charge on any atom is 0.251 e. The molecule has 1 amide bonds. The molecule has 2 aromatic rings. The number of aromatic nitrogens is 2. The molecule has 0 unspecified atom stereocenters. The number of nitrogens with zero attached hydrogens (tertiary/aromatic N) is 2. The van der Waals surface area contributed by atoms with Crippen LogP contribution in [0.5, 0.6) is 0 Å². The smallest absolute Gasteiger partial charge is 0.251 e. The Labute approximate surface area is 128 Å². The lowest BCUT2D eigenvalue weighted by Crippen LogP contribution is -2.29. The van der Waals surface area contributed by atoms with Gasteiger partial charge in [-0.3, -0.25) is 4.79 Å². The van der Waals surface area contributed by atoms with E-state index in [1.807, 2.05) is 12.1 Å². The third kappa shape index (κ3) is 3.79. The number of amides is 1. The fraction of sp³-hybridized carbons (Fsp3) is 0.312. The standard InChI is InChI=1S/C16H18N4O2/c21-15(19-10-12-5-8-22-11-12)13-3-1-4-14(9-13)20-16-17-6-2-7-18-16/h1-4,6-7,9,12H,5,8,10-11H2,(H,19,21)(H,17,18,20)/t12-/m0/s1. The van der Waals surface area contributed by atoms with E-state index in [2.05, 4.69) is 20.6 Å². The summed E-state index contributed by atoms with van der Waals surface area (Å²) in [4.78, 5) is 20.4. The SMILES string of the molecule is O=C(NC[C@@H]1CCOC1)c1cccc(Nc2ncccn2)c1. The molecular weight excluding hydrogens is 280 g/mol. The molecule has 1 aliphatic heterocycles. The molecule has 6 nitrogen and oxygen atoms in total. The van der Waals surface area contributed by atoms with Crippen LogP contribution in [0, 0.1) is 5.92 Å². The third-order valence-corrected chi connectivity index (χ3v) is 3.52. The Hall–Kier alpha value is -2.47. The van der Waals surface area contributed by atoms with E-state index in [9.17, 15) is 4.79 Å². The molecule has 2 N–H and O–H groups in total. The van der Waals surface area contributed by atoms with Crippen LogP contribution in [0.3, 0.4) is 0 Å². The minimum atomic E-state index is -0.0791. The number of carbonyl (C=O) groups is 1. The summed E-state index contributed by atoms with van der Waals surface area (Å²) in [7, 11) is 0. The van der Waals surface area contributed by atoms with E-state index in [1.54, 1.807) is 30.6 Å². The van der Waals surface area contributed by atoms with Crippen molar-refractivity contribution in [2.24, 2.45) is 5.92 Å². The molecule has 0 bridgehead atoms. The first-order valence-electron chi connectivity index (χ1n) is 7.31. The summed E-state index contributed by atoms with van der Waals surface area (Å²) in [6, 6.07) is 9.03. The normalized spacial score (nSPS) is 17.2. The van der Waals surface area contributed by atoms with Crippen molar-refractivity contribution in [3.8, 4) is 0 Å². The molecule has 114 valence electrons. The number of anilines is 2. The van der Waals surface area contributed by atoms with E-state index < -0.39 is 0 Å². The molecule has 0 spiro atoms. The predicted octanol–water partition coefficient (Wildman–Crippen LogP) is 1.99. The summed E-state index contributed by atoms with van der Waals surface area (Å²) in [6.45, 7) is 2.17. The molecule has 22 heavy (non-hydrogen) atoms. The van der Waals surface area contributed by atoms with Crippen molar-refractivity contribution in [1.82, 2.24) is 15.3 Å². The molecule has 1 saturated heterocycles. The van der Waals surface area contributed by atoms with Crippen molar-refractivity contribution in [3.05, 3.63) is 48.3 Å². The number of benzene rings is 1. The molecule has 2 heterocycles. The molecule has 3 rings (SSSR count). The fourth-order valence-electron chi connectivity index (χ4n) is 2.31. The Balaban J connectivity index is 1.61. The first-order valence-corrected chi connectivity index (χ1v) is 7.31. The molecular formula is C16H18N4O2. The number of hydrogen-bond acceptors (Lipinski definition) is 5. The van der Waals surface area contributed by atoms with E-state index in [1.165, 1.54) is 0 Å². The highest BCUT2D eigenvalue weighted by Gasteiger charge is 2.16. The molecule has 1 fully saturated rings. The predicted molar refractivity (Wildman–Crippen MR) is 83.0 cm³/mol. The van der Waals surface area contributed by atoms with Gasteiger partial charge in [0.25, 0.3) is 5.91 Å². The zero-order valence-electron chi connectivity index (χ0n) is 12.2. The second kappa shape index (κ2) is 7.00. The first kappa shape index (κ1) is 14.5. The van der Waals surface area contributed by atoms with Crippen LogP contribution in [0.4, 0.5) is 11.6 Å². The van der Waals surface area contributed by atoms with Gasteiger partial charge in [-0.1, -0.05) is 6.07 Å². The zero-order valence-corrected chi connectivity index (χ0v) is 12.2. The monoisotopic (exact) mass is 298 g/mol. The van der Waals surface area contributed by atoms with Crippen molar-refractivity contribution in [2.45, 2.75) is 6.42 Å². The second-order valence-corrected chi connectivity index (χ2v) is 5.22. The van der Waals surface area contributed by atoms with Gasteiger partial charge in [0.2, 0.25) is 5.95 Å². The van der Waals surface area contributed by atoms with Crippen LogP contribution in [-0.2, 0) is 4.74 Å². The van der Waals surface area contributed by atoms with Crippen molar-refractivity contribution < 1.29 is 9.53 Å². The highest BCUT2D eigenvalue weighted by atomic mass is 16.5. The Kier molecular flexibility index (Phi) is 4.60. The van der Waals surface area contributed by atoms with Gasteiger partial charge in [-0.25, -0.2) is 9.97 Å². The van der Waals surface area contributed by atoms with Crippen LogP contribution in [0.15, 0.2) is 42.7 Å². The molecule has 0 radical (unpaired) electrons. The van der Waals surface area contributed by atoms with Crippen LogP contribution in [0.25, 0.3) is 0 Å². The van der Waals surface area contributed by atoms with E-state index in [0.29, 0.717) is 24.0 Å². The summed E-state index contributed by atoms with van der Waals surface area (Å²) in [6.07, 6.45) is 4.33. The van der Waals surface area contributed by atoms with Crippen LogP contribution in [0.1, 0.15) is 16.8 Å². The highest BCUT2D eigenvalue weighted by molar-refractivity contribution is 5.95. The molecule has 0 aliphatic carbocycles. The molecule has 1 atom stereocenters. The van der Waals surface area contributed by atoms with E-state index in [0.717, 1.165) is 25.3 Å².